The van der Waals surface area contributed by atoms with Crippen molar-refractivity contribution in [3.63, 3.8) is 0 Å². The maximum atomic E-state index is 15.1. The van der Waals surface area contributed by atoms with E-state index in [1.807, 2.05) is 60.5 Å². The average Bonchev–Trinajstić information content (AvgIpc) is 3.48. The number of likely N-dealkylation sites (tertiary alicyclic amines) is 1. The Morgan fingerprint density at radius 2 is 1.61 bits per heavy atom. The van der Waals surface area contributed by atoms with E-state index in [0.717, 1.165) is 31.2 Å². The van der Waals surface area contributed by atoms with Crippen LogP contribution in [0.4, 0.5) is 4.39 Å². The summed E-state index contributed by atoms with van der Waals surface area (Å²) in [5, 5.41) is 0.620. The van der Waals surface area contributed by atoms with E-state index in [9.17, 15) is 9.59 Å². The lowest BCUT2D eigenvalue weighted by atomic mass is 9.73. The van der Waals surface area contributed by atoms with Gasteiger partial charge in [-0.3, -0.25) is 9.59 Å². The van der Waals surface area contributed by atoms with Crippen LogP contribution in [0.5, 0.6) is 5.75 Å². The summed E-state index contributed by atoms with van der Waals surface area (Å²) in [4.78, 5) is 31.6. The van der Waals surface area contributed by atoms with Gasteiger partial charge in [0.2, 0.25) is 11.8 Å². The zero-order valence-electron chi connectivity index (χ0n) is 23.7. The predicted molar refractivity (Wildman–Crippen MR) is 159 cm³/mol. The van der Waals surface area contributed by atoms with Crippen molar-refractivity contribution in [2.24, 2.45) is 5.41 Å². The van der Waals surface area contributed by atoms with Crippen LogP contribution in [0.25, 0.3) is 0 Å². The summed E-state index contributed by atoms with van der Waals surface area (Å²) in [6, 6.07) is 23.8. The van der Waals surface area contributed by atoms with Crippen LogP contribution >= 0.6 is 11.6 Å². The maximum absolute atomic E-state index is 15.1. The Bertz CT molecular complexity index is 1340. The van der Waals surface area contributed by atoms with Gasteiger partial charge in [0, 0.05) is 49.1 Å². The summed E-state index contributed by atoms with van der Waals surface area (Å²) in [6.07, 6.45) is 4.80. The quantitative estimate of drug-likeness (QED) is 0.275. The van der Waals surface area contributed by atoms with Crippen LogP contribution in [0, 0.1) is 11.2 Å². The lowest BCUT2D eigenvalue weighted by Crippen LogP contribution is -2.55. The molecule has 0 spiro atoms. The first-order valence-corrected chi connectivity index (χ1v) is 14.9. The molecule has 1 heterocycles. The first-order valence-electron chi connectivity index (χ1n) is 14.5. The first kappa shape index (κ1) is 29.1. The third-order valence-corrected chi connectivity index (χ3v) is 9.03. The smallest absolute Gasteiger partial charge is 0.233 e. The van der Waals surface area contributed by atoms with Gasteiger partial charge in [-0.2, -0.15) is 0 Å². The normalized spacial score (nSPS) is 20.0. The predicted octanol–water partition coefficient (Wildman–Crippen LogP) is 7.03. The molecule has 1 saturated carbocycles. The van der Waals surface area contributed by atoms with Crippen LogP contribution in [-0.4, -0.2) is 48.4 Å². The van der Waals surface area contributed by atoms with Crippen LogP contribution in [-0.2, 0) is 21.5 Å². The minimum atomic E-state index is -0.862. The number of halogens is 2. The van der Waals surface area contributed by atoms with Gasteiger partial charge in [-0.1, -0.05) is 73.0 Å². The second-order valence-corrected chi connectivity index (χ2v) is 12.2. The molecule has 41 heavy (non-hydrogen) atoms. The molecule has 0 aromatic heterocycles. The van der Waals surface area contributed by atoms with E-state index >= 15 is 4.39 Å². The molecule has 0 radical (unpaired) electrons. The van der Waals surface area contributed by atoms with Crippen molar-refractivity contribution in [2.75, 3.05) is 26.7 Å². The lowest BCUT2D eigenvalue weighted by molar-refractivity contribution is -0.145. The van der Waals surface area contributed by atoms with Gasteiger partial charge in [0.15, 0.2) is 0 Å². The third-order valence-electron chi connectivity index (χ3n) is 8.78. The highest BCUT2D eigenvalue weighted by Crippen LogP contribution is 2.45. The molecule has 0 bridgehead atoms. The highest BCUT2D eigenvalue weighted by molar-refractivity contribution is 6.30. The van der Waals surface area contributed by atoms with Gasteiger partial charge < -0.3 is 14.5 Å². The van der Waals surface area contributed by atoms with Gasteiger partial charge >= 0.3 is 0 Å². The standard InChI is InChI=1S/C34H38ClFN2O3/c1-37(23-26-10-3-2-4-11-26)31(39)22-33(25-41-28-16-14-27(35)15-17-28)18-9-21-38(24-33)32(40)34(19-7-8-20-34)29-12-5-6-13-30(29)36/h2-6,10-17H,7-9,18-25H2,1H3/t33-/m1/s1. The van der Waals surface area contributed by atoms with Gasteiger partial charge in [-0.15, -0.1) is 0 Å². The second kappa shape index (κ2) is 12.6. The molecule has 1 saturated heterocycles. The largest absolute Gasteiger partial charge is 0.493 e. The molecule has 1 aliphatic carbocycles. The van der Waals surface area contributed by atoms with E-state index in [4.69, 9.17) is 16.3 Å². The lowest BCUT2D eigenvalue weighted by Gasteiger charge is -2.45. The Morgan fingerprint density at radius 1 is 0.927 bits per heavy atom. The number of piperidine rings is 1. The molecule has 216 valence electrons. The van der Waals surface area contributed by atoms with Gasteiger partial charge in [-0.05, 0) is 61.6 Å². The molecule has 3 aromatic rings. The molecular formula is C34H38ClFN2O3. The monoisotopic (exact) mass is 576 g/mol. The van der Waals surface area contributed by atoms with Crippen molar-refractivity contribution in [3.05, 3.63) is 101 Å². The summed E-state index contributed by atoms with van der Waals surface area (Å²) in [7, 11) is 1.82. The Hall–Kier alpha value is -3.38. The maximum Gasteiger partial charge on any atom is 0.233 e. The average molecular weight is 577 g/mol. The molecule has 5 nitrogen and oxygen atoms in total. The van der Waals surface area contributed by atoms with E-state index in [2.05, 4.69) is 0 Å². The summed E-state index contributed by atoms with van der Waals surface area (Å²) >= 11 is 6.07. The van der Waals surface area contributed by atoms with Gasteiger partial charge in [0.25, 0.3) is 0 Å². The van der Waals surface area contributed by atoms with E-state index in [1.165, 1.54) is 6.07 Å². The zero-order chi connectivity index (χ0) is 28.9. The SMILES string of the molecule is CN(Cc1ccccc1)C(=O)C[C@]1(COc2ccc(Cl)cc2)CCCN(C(=O)C2(c3ccccc3F)CCCC2)C1. The Balaban J connectivity index is 1.39. The highest BCUT2D eigenvalue weighted by atomic mass is 35.5. The third kappa shape index (κ3) is 6.59. The molecule has 0 N–H and O–H groups in total. The van der Waals surface area contributed by atoms with Crippen molar-refractivity contribution in [1.82, 2.24) is 9.80 Å². The molecule has 7 heteroatoms. The van der Waals surface area contributed by atoms with Crippen LogP contribution in [0.1, 0.15) is 56.1 Å². The zero-order valence-corrected chi connectivity index (χ0v) is 24.4. The summed E-state index contributed by atoms with van der Waals surface area (Å²) < 4.78 is 21.4. The second-order valence-electron chi connectivity index (χ2n) is 11.8. The Kier molecular flexibility index (Phi) is 8.98. The summed E-state index contributed by atoms with van der Waals surface area (Å²) in [6.45, 7) is 1.77. The van der Waals surface area contributed by atoms with Crippen LogP contribution in [0.3, 0.4) is 0 Å². The molecule has 3 aromatic carbocycles. The number of benzene rings is 3. The van der Waals surface area contributed by atoms with E-state index in [0.29, 0.717) is 48.8 Å². The molecular weight excluding hydrogens is 539 g/mol. The number of nitrogens with zero attached hydrogens (tertiary/aromatic N) is 2. The minimum absolute atomic E-state index is 0.00698. The summed E-state index contributed by atoms with van der Waals surface area (Å²) in [5.41, 5.74) is 0.113. The number of carbonyl (C=O) groups is 2. The number of amides is 2. The Morgan fingerprint density at radius 3 is 2.32 bits per heavy atom. The topological polar surface area (TPSA) is 49.9 Å². The number of rotatable bonds is 9. The molecule has 2 fully saturated rings. The summed E-state index contributed by atoms with van der Waals surface area (Å²) in [5.74, 6) is 0.323. The number of hydrogen-bond acceptors (Lipinski definition) is 3. The Labute approximate surface area is 247 Å². The number of ether oxygens (including phenoxy) is 1. The van der Waals surface area contributed by atoms with Gasteiger partial charge in [0.1, 0.15) is 11.6 Å². The highest BCUT2D eigenvalue weighted by Gasteiger charge is 2.49. The molecule has 2 aliphatic rings. The van der Waals surface area contributed by atoms with Crippen molar-refractivity contribution < 1.29 is 18.7 Å². The van der Waals surface area contributed by atoms with Crippen LogP contribution in [0.2, 0.25) is 5.02 Å². The fraction of sp³-hybridized carbons (Fsp3) is 0.412. The van der Waals surface area contributed by atoms with Crippen LogP contribution in [0.15, 0.2) is 78.9 Å². The van der Waals surface area contributed by atoms with Gasteiger partial charge in [-0.25, -0.2) is 4.39 Å². The number of carbonyl (C=O) groups excluding carboxylic acids is 2. The molecule has 1 atom stereocenters. The first-order chi connectivity index (χ1) is 19.8. The van der Waals surface area contributed by atoms with E-state index < -0.39 is 10.8 Å². The van der Waals surface area contributed by atoms with Crippen molar-refractivity contribution in [3.8, 4) is 5.75 Å². The fourth-order valence-corrected chi connectivity index (χ4v) is 6.72. The van der Waals surface area contributed by atoms with E-state index in [-0.39, 0.29) is 30.7 Å². The molecule has 1 aliphatic heterocycles. The minimum Gasteiger partial charge on any atom is -0.493 e. The number of hydrogen-bond donors (Lipinski definition) is 0. The van der Waals surface area contributed by atoms with Crippen molar-refractivity contribution in [1.29, 1.82) is 0 Å². The van der Waals surface area contributed by atoms with Gasteiger partial charge in [0.05, 0.1) is 12.0 Å². The van der Waals surface area contributed by atoms with Crippen molar-refractivity contribution in [2.45, 2.75) is 56.9 Å². The van der Waals surface area contributed by atoms with E-state index in [1.54, 1.807) is 29.2 Å². The molecule has 2 amide bonds. The van der Waals surface area contributed by atoms with Crippen molar-refractivity contribution >= 4 is 23.4 Å². The van der Waals surface area contributed by atoms with Crippen LogP contribution < -0.4 is 4.74 Å². The fourth-order valence-electron chi connectivity index (χ4n) is 6.59. The molecule has 0 unspecified atom stereocenters. The molecule has 5 rings (SSSR count).